The second kappa shape index (κ2) is 6.01. The van der Waals surface area contributed by atoms with Gasteiger partial charge in [-0.05, 0) is 25.5 Å². The molecule has 4 heteroatoms. The molecule has 0 aliphatic carbocycles. The molecule has 0 aromatic carbocycles. The Labute approximate surface area is 89.2 Å². The van der Waals surface area contributed by atoms with Gasteiger partial charge in [0.15, 0.2) is 6.10 Å². The standard InChI is InChI=1S/C11H15NO3/c1-3-10(11(13)14-4-2)15-9-6-5-7-12-8-9/h5-8,10H,3-4H2,1-2H3. The second-order valence-corrected chi connectivity index (χ2v) is 2.96. The molecule has 0 aliphatic heterocycles. The maximum atomic E-state index is 11.4. The molecule has 1 aromatic heterocycles. The van der Waals surface area contributed by atoms with Crippen LogP contribution in [0, 0.1) is 0 Å². The zero-order valence-electron chi connectivity index (χ0n) is 8.97. The first-order valence-electron chi connectivity index (χ1n) is 5.01. The second-order valence-electron chi connectivity index (χ2n) is 2.96. The summed E-state index contributed by atoms with van der Waals surface area (Å²) in [4.78, 5) is 15.3. The number of rotatable bonds is 5. The zero-order valence-corrected chi connectivity index (χ0v) is 8.97. The number of carbonyl (C=O) groups excluding carboxylic acids is 1. The van der Waals surface area contributed by atoms with E-state index in [1.807, 2.05) is 6.92 Å². The van der Waals surface area contributed by atoms with Crippen LogP contribution in [0.3, 0.4) is 0 Å². The Morgan fingerprint density at radius 2 is 2.33 bits per heavy atom. The Morgan fingerprint density at radius 3 is 2.87 bits per heavy atom. The molecule has 0 saturated carbocycles. The fourth-order valence-electron chi connectivity index (χ4n) is 1.11. The molecule has 0 N–H and O–H groups in total. The highest BCUT2D eigenvalue weighted by Crippen LogP contribution is 2.11. The largest absolute Gasteiger partial charge is 0.477 e. The number of carbonyl (C=O) groups is 1. The van der Waals surface area contributed by atoms with E-state index in [1.54, 1.807) is 31.5 Å². The molecule has 0 bridgehead atoms. The summed E-state index contributed by atoms with van der Waals surface area (Å²) in [6.07, 6.45) is 3.25. The third-order valence-electron chi connectivity index (χ3n) is 1.83. The van der Waals surface area contributed by atoms with E-state index >= 15 is 0 Å². The fourth-order valence-corrected chi connectivity index (χ4v) is 1.11. The highest BCUT2D eigenvalue weighted by Gasteiger charge is 2.19. The van der Waals surface area contributed by atoms with Crippen LogP contribution >= 0.6 is 0 Å². The van der Waals surface area contributed by atoms with Crippen LogP contribution in [0.2, 0.25) is 0 Å². The average molecular weight is 209 g/mol. The van der Waals surface area contributed by atoms with Gasteiger partial charge in [0.1, 0.15) is 5.75 Å². The van der Waals surface area contributed by atoms with Crippen LogP contribution in [0.15, 0.2) is 24.5 Å². The summed E-state index contributed by atoms with van der Waals surface area (Å²) in [6, 6.07) is 3.52. The van der Waals surface area contributed by atoms with Crippen molar-refractivity contribution in [2.45, 2.75) is 26.4 Å². The minimum absolute atomic E-state index is 0.330. The van der Waals surface area contributed by atoms with Crippen molar-refractivity contribution in [3.63, 3.8) is 0 Å². The van der Waals surface area contributed by atoms with Gasteiger partial charge in [0.05, 0.1) is 12.8 Å². The molecule has 1 atom stereocenters. The molecule has 0 saturated heterocycles. The van der Waals surface area contributed by atoms with E-state index in [1.165, 1.54) is 0 Å². The first-order chi connectivity index (χ1) is 7.27. The normalized spacial score (nSPS) is 11.9. The molecule has 0 spiro atoms. The lowest BCUT2D eigenvalue weighted by molar-refractivity contribution is -0.151. The molecule has 1 rings (SSSR count). The van der Waals surface area contributed by atoms with Gasteiger partial charge in [-0.2, -0.15) is 0 Å². The van der Waals surface area contributed by atoms with Crippen LogP contribution in [-0.2, 0) is 9.53 Å². The van der Waals surface area contributed by atoms with Gasteiger partial charge in [-0.25, -0.2) is 4.79 Å². The van der Waals surface area contributed by atoms with Crippen LogP contribution in [0.25, 0.3) is 0 Å². The summed E-state index contributed by atoms with van der Waals surface area (Å²) < 4.78 is 10.3. The molecule has 0 radical (unpaired) electrons. The summed E-state index contributed by atoms with van der Waals surface area (Å²) in [7, 11) is 0. The van der Waals surface area contributed by atoms with Crippen LogP contribution in [0.1, 0.15) is 20.3 Å². The molecule has 15 heavy (non-hydrogen) atoms. The number of esters is 1. The number of nitrogens with zero attached hydrogens (tertiary/aromatic N) is 1. The van der Waals surface area contributed by atoms with Crippen LogP contribution < -0.4 is 4.74 Å². The monoisotopic (exact) mass is 209 g/mol. The Bertz CT molecular complexity index is 300. The van der Waals surface area contributed by atoms with Gasteiger partial charge in [-0.1, -0.05) is 6.92 Å². The third kappa shape index (κ3) is 3.58. The lowest BCUT2D eigenvalue weighted by Crippen LogP contribution is -2.28. The van der Waals surface area contributed by atoms with Crippen molar-refractivity contribution in [1.29, 1.82) is 0 Å². The Hall–Kier alpha value is -1.58. The fraction of sp³-hybridized carbons (Fsp3) is 0.455. The minimum atomic E-state index is -0.547. The van der Waals surface area contributed by atoms with E-state index in [4.69, 9.17) is 9.47 Å². The Morgan fingerprint density at radius 1 is 1.53 bits per heavy atom. The van der Waals surface area contributed by atoms with Crippen molar-refractivity contribution in [3.8, 4) is 5.75 Å². The molecule has 82 valence electrons. The van der Waals surface area contributed by atoms with Gasteiger partial charge in [-0.3, -0.25) is 4.98 Å². The van der Waals surface area contributed by atoms with Crippen molar-refractivity contribution >= 4 is 5.97 Å². The van der Waals surface area contributed by atoms with Crippen molar-refractivity contribution in [3.05, 3.63) is 24.5 Å². The van der Waals surface area contributed by atoms with Crippen molar-refractivity contribution in [2.24, 2.45) is 0 Å². The molecule has 1 unspecified atom stereocenters. The number of hydrogen-bond donors (Lipinski definition) is 0. The van der Waals surface area contributed by atoms with Gasteiger partial charge >= 0.3 is 5.97 Å². The molecule has 0 fully saturated rings. The summed E-state index contributed by atoms with van der Waals surface area (Å²) in [5.41, 5.74) is 0. The first-order valence-corrected chi connectivity index (χ1v) is 5.01. The third-order valence-corrected chi connectivity index (χ3v) is 1.83. The number of ether oxygens (including phenoxy) is 2. The Balaban J connectivity index is 2.58. The van der Waals surface area contributed by atoms with Crippen LogP contribution in [-0.4, -0.2) is 23.7 Å². The van der Waals surface area contributed by atoms with E-state index in [9.17, 15) is 4.79 Å². The maximum absolute atomic E-state index is 11.4. The van der Waals surface area contributed by atoms with E-state index in [0.717, 1.165) is 0 Å². The highest BCUT2D eigenvalue weighted by molar-refractivity contribution is 5.75. The summed E-state index contributed by atoms with van der Waals surface area (Å²) in [6.45, 7) is 4.01. The molecule has 1 heterocycles. The quantitative estimate of drug-likeness (QED) is 0.694. The minimum Gasteiger partial charge on any atom is -0.477 e. The maximum Gasteiger partial charge on any atom is 0.347 e. The Kier molecular flexibility index (Phi) is 4.60. The SMILES string of the molecule is CCOC(=O)C(CC)Oc1cccnc1. The first kappa shape index (κ1) is 11.5. The molecule has 0 aliphatic rings. The van der Waals surface area contributed by atoms with Gasteiger partial charge < -0.3 is 9.47 Å². The summed E-state index contributed by atoms with van der Waals surface area (Å²) in [5, 5.41) is 0. The topological polar surface area (TPSA) is 48.4 Å². The predicted octanol–water partition coefficient (Wildman–Crippen LogP) is 1.80. The van der Waals surface area contributed by atoms with Crippen molar-refractivity contribution in [1.82, 2.24) is 4.98 Å². The summed E-state index contributed by atoms with van der Waals surface area (Å²) in [5.74, 6) is 0.251. The molecule has 0 amide bonds. The lowest BCUT2D eigenvalue weighted by Gasteiger charge is -2.15. The van der Waals surface area contributed by atoms with Gasteiger partial charge in [0.2, 0.25) is 0 Å². The van der Waals surface area contributed by atoms with Crippen LogP contribution in [0.5, 0.6) is 5.75 Å². The number of hydrogen-bond acceptors (Lipinski definition) is 4. The number of aromatic nitrogens is 1. The molecule has 1 aromatic rings. The van der Waals surface area contributed by atoms with Gasteiger partial charge in [0.25, 0.3) is 0 Å². The van der Waals surface area contributed by atoms with Crippen LogP contribution in [0.4, 0.5) is 0 Å². The van der Waals surface area contributed by atoms with Gasteiger partial charge in [-0.15, -0.1) is 0 Å². The molecule has 4 nitrogen and oxygen atoms in total. The predicted molar refractivity (Wildman–Crippen MR) is 55.6 cm³/mol. The molecular weight excluding hydrogens is 194 g/mol. The highest BCUT2D eigenvalue weighted by atomic mass is 16.6. The van der Waals surface area contributed by atoms with E-state index in [-0.39, 0.29) is 5.97 Å². The summed E-state index contributed by atoms with van der Waals surface area (Å²) >= 11 is 0. The van der Waals surface area contributed by atoms with E-state index < -0.39 is 6.10 Å². The lowest BCUT2D eigenvalue weighted by atomic mass is 10.3. The zero-order chi connectivity index (χ0) is 11.1. The van der Waals surface area contributed by atoms with Crippen molar-refractivity contribution < 1.29 is 14.3 Å². The van der Waals surface area contributed by atoms with Crippen molar-refractivity contribution in [2.75, 3.05) is 6.61 Å². The van der Waals surface area contributed by atoms with E-state index in [2.05, 4.69) is 4.98 Å². The van der Waals surface area contributed by atoms with E-state index in [0.29, 0.717) is 18.8 Å². The van der Waals surface area contributed by atoms with Gasteiger partial charge in [0, 0.05) is 6.20 Å². The smallest absolute Gasteiger partial charge is 0.347 e. The number of pyridine rings is 1. The average Bonchev–Trinajstić information content (AvgIpc) is 2.27. The molecular formula is C11H15NO3.